The summed E-state index contributed by atoms with van der Waals surface area (Å²) >= 11 is 0. The Kier molecular flexibility index (Phi) is 5.91. The minimum Gasteiger partial charge on any atom is -0.451 e. The molecule has 9 heteroatoms. The molecule has 0 aliphatic carbocycles. The highest BCUT2D eigenvalue weighted by Crippen LogP contribution is 2.26. The van der Waals surface area contributed by atoms with Gasteiger partial charge in [-0.25, -0.2) is 9.59 Å². The molecule has 2 atom stereocenters. The third-order valence-corrected chi connectivity index (χ3v) is 4.59. The summed E-state index contributed by atoms with van der Waals surface area (Å²) in [6.45, 7) is 1.25. The highest BCUT2D eigenvalue weighted by Gasteiger charge is 2.44. The lowest BCUT2D eigenvalue weighted by Crippen LogP contribution is -2.49. The molecular formula is C21H19N3O6. The van der Waals surface area contributed by atoms with Gasteiger partial charge in [-0.2, -0.15) is 0 Å². The number of benzene rings is 2. The molecule has 2 unspecified atom stereocenters. The first-order valence-corrected chi connectivity index (χ1v) is 9.11. The minimum atomic E-state index is -1.36. The molecule has 0 bridgehead atoms. The number of rotatable bonds is 6. The number of urea groups is 1. The topological polar surface area (TPSA) is 136 Å². The highest BCUT2D eigenvalue weighted by atomic mass is 16.5. The number of hydrogen-bond acceptors (Lipinski definition) is 6. The van der Waals surface area contributed by atoms with E-state index in [-0.39, 0.29) is 17.5 Å². The van der Waals surface area contributed by atoms with Crippen molar-refractivity contribution in [2.75, 3.05) is 0 Å². The minimum absolute atomic E-state index is 0.00466. The van der Waals surface area contributed by atoms with Gasteiger partial charge in [-0.3, -0.25) is 24.6 Å². The molecule has 5 amide bonds. The number of nitrogens with zero attached hydrogens (tertiary/aromatic N) is 1. The van der Waals surface area contributed by atoms with E-state index in [1.54, 1.807) is 42.5 Å². The lowest BCUT2D eigenvalue weighted by atomic mass is 10.0. The summed E-state index contributed by atoms with van der Waals surface area (Å²) in [6.07, 6.45) is -1.37. The molecule has 1 aliphatic heterocycles. The van der Waals surface area contributed by atoms with Crippen LogP contribution in [0.15, 0.2) is 54.6 Å². The number of hydrogen-bond donors (Lipinski definition) is 2. The zero-order valence-electron chi connectivity index (χ0n) is 16.0. The number of fused-ring (bicyclic) bond motifs is 1. The van der Waals surface area contributed by atoms with E-state index in [2.05, 4.69) is 0 Å². The zero-order chi connectivity index (χ0) is 21.8. The van der Waals surface area contributed by atoms with E-state index in [9.17, 15) is 24.0 Å². The fraction of sp³-hybridized carbons (Fsp3) is 0.190. The molecule has 2 aromatic rings. The summed E-state index contributed by atoms with van der Waals surface area (Å²) in [5.74, 6) is -3.12. The summed E-state index contributed by atoms with van der Waals surface area (Å²) in [6, 6.07) is 12.6. The SMILES string of the molecule is CC(OC(=O)C(Cc1ccccc1)N1C(=O)c2ccccc2C1=O)C(=O)NC(N)=O. The van der Waals surface area contributed by atoms with Gasteiger partial charge < -0.3 is 10.5 Å². The number of amides is 5. The second kappa shape index (κ2) is 8.56. The molecule has 3 rings (SSSR count). The Morgan fingerprint density at radius 1 is 0.967 bits per heavy atom. The van der Waals surface area contributed by atoms with Crippen LogP contribution in [0, 0.1) is 0 Å². The van der Waals surface area contributed by atoms with Crippen molar-refractivity contribution in [1.29, 1.82) is 0 Å². The van der Waals surface area contributed by atoms with Gasteiger partial charge in [0, 0.05) is 6.42 Å². The monoisotopic (exact) mass is 409 g/mol. The van der Waals surface area contributed by atoms with Crippen LogP contribution in [0.1, 0.15) is 33.2 Å². The third kappa shape index (κ3) is 4.19. The van der Waals surface area contributed by atoms with Crippen molar-refractivity contribution >= 4 is 29.7 Å². The normalized spacial score (nSPS) is 14.6. The molecular weight excluding hydrogens is 390 g/mol. The third-order valence-electron chi connectivity index (χ3n) is 4.59. The van der Waals surface area contributed by atoms with Gasteiger partial charge in [-0.1, -0.05) is 42.5 Å². The van der Waals surface area contributed by atoms with Crippen molar-refractivity contribution in [3.63, 3.8) is 0 Å². The van der Waals surface area contributed by atoms with Crippen LogP contribution in [0.25, 0.3) is 0 Å². The van der Waals surface area contributed by atoms with Crippen molar-refractivity contribution in [2.24, 2.45) is 5.73 Å². The van der Waals surface area contributed by atoms with Crippen LogP contribution in [0.4, 0.5) is 4.79 Å². The summed E-state index contributed by atoms with van der Waals surface area (Å²) < 4.78 is 5.15. The average molecular weight is 409 g/mol. The van der Waals surface area contributed by atoms with E-state index in [4.69, 9.17) is 10.5 Å². The van der Waals surface area contributed by atoms with E-state index < -0.39 is 41.9 Å². The summed E-state index contributed by atoms with van der Waals surface area (Å²) in [5, 5.41) is 1.81. The Bertz CT molecular complexity index is 985. The first-order chi connectivity index (χ1) is 14.3. The van der Waals surface area contributed by atoms with Gasteiger partial charge in [0.15, 0.2) is 6.10 Å². The molecule has 2 aromatic carbocycles. The Labute approximate surface area is 171 Å². The number of carbonyl (C=O) groups excluding carboxylic acids is 5. The Balaban J connectivity index is 1.89. The first kappa shape index (κ1) is 20.7. The first-order valence-electron chi connectivity index (χ1n) is 9.11. The Morgan fingerprint density at radius 3 is 2.03 bits per heavy atom. The van der Waals surface area contributed by atoms with Crippen molar-refractivity contribution in [1.82, 2.24) is 10.2 Å². The van der Waals surface area contributed by atoms with E-state index >= 15 is 0 Å². The quantitative estimate of drug-likeness (QED) is 0.540. The molecule has 3 N–H and O–H groups in total. The van der Waals surface area contributed by atoms with Crippen molar-refractivity contribution in [2.45, 2.75) is 25.5 Å². The molecule has 0 fully saturated rings. The number of esters is 1. The molecule has 9 nitrogen and oxygen atoms in total. The summed E-state index contributed by atoms with van der Waals surface area (Å²) in [7, 11) is 0. The lowest BCUT2D eigenvalue weighted by molar-refractivity contribution is -0.158. The smallest absolute Gasteiger partial charge is 0.330 e. The number of ether oxygens (including phenoxy) is 1. The van der Waals surface area contributed by atoms with Gasteiger partial charge in [0.25, 0.3) is 17.7 Å². The Hall–Kier alpha value is -4.01. The highest BCUT2D eigenvalue weighted by molar-refractivity contribution is 6.22. The molecule has 0 saturated carbocycles. The van der Waals surface area contributed by atoms with Crippen LogP contribution in [-0.4, -0.2) is 46.8 Å². The van der Waals surface area contributed by atoms with Gasteiger partial charge in [0.2, 0.25) is 0 Å². The molecule has 30 heavy (non-hydrogen) atoms. The fourth-order valence-electron chi connectivity index (χ4n) is 3.14. The van der Waals surface area contributed by atoms with E-state index in [1.165, 1.54) is 19.1 Å². The van der Waals surface area contributed by atoms with Gasteiger partial charge >= 0.3 is 12.0 Å². The fourth-order valence-corrected chi connectivity index (χ4v) is 3.14. The maximum atomic E-state index is 12.9. The van der Waals surface area contributed by atoms with Crippen molar-refractivity contribution < 1.29 is 28.7 Å². The number of nitrogens with one attached hydrogen (secondary N) is 1. The zero-order valence-corrected chi connectivity index (χ0v) is 16.0. The van der Waals surface area contributed by atoms with Crippen LogP contribution in [0.2, 0.25) is 0 Å². The van der Waals surface area contributed by atoms with E-state index in [0.717, 1.165) is 4.90 Å². The van der Waals surface area contributed by atoms with Crippen molar-refractivity contribution in [3.05, 3.63) is 71.3 Å². The predicted octanol–water partition coefficient (Wildman–Crippen LogP) is 1.02. The van der Waals surface area contributed by atoms with Crippen LogP contribution in [-0.2, 0) is 20.7 Å². The average Bonchev–Trinajstić information content (AvgIpc) is 2.97. The molecule has 0 spiro atoms. The lowest BCUT2D eigenvalue weighted by Gasteiger charge is -2.26. The molecule has 1 aliphatic rings. The second-order valence-electron chi connectivity index (χ2n) is 6.66. The largest absolute Gasteiger partial charge is 0.451 e. The predicted molar refractivity (Wildman–Crippen MR) is 104 cm³/mol. The number of carbonyl (C=O) groups is 5. The second-order valence-corrected chi connectivity index (χ2v) is 6.66. The van der Waals surface area contributed by atoms with Gasteiger partial charge in [0.05, 0.1) is 11.1 Å². The van der Waals surface area contributed by atoms with Crippen LogP contribution in [0.3, 0.4) is 0 Å². The Morgan fingerprint density at radius 2 is 1.50 bits per heavy atom. The molecule has 154 valence electrons. The maximum Gasteiger partial charge on any atom is 0.330 e. The number of imide groups is 2. The molecule has 0 saturated heterocycles. The van der Waals surface area contributed by atoms with E-state index in [1.807, 2.05) is 5.32 Å². The summed E-state index contributed by atoms with van der Waals surface area (Å²) in [4.78, 5) is 62.2. The molecule has 0 aromatic heterocycles. The standard InChI is InChI=1S/C21H19N3O6/c1-12(17(25)23-21(22)29)30-20(28)16(11-13-7-3-2-4-8-13)24-18(26)14-9-5-6-10-15(14)19(24)27/h2-10,12,16H,11H2,1H3,(H3,22,23,25,29). The van der Waals surface area contributed by atoms with Crippen LogP contribution in [0.5, 0.6) is 0 Å². The summed E-state index contributed by atoms with van der Waals surface area (Å²) in [5.41, 5.74) is 5.96. The molecule has 0 radical (unpaired) electrons. The van der Waals surface area contributed by atoms with Gasteiger partial charge in [0.1, 0.15) is 6.04 Å². The van der Waals surface area contributed by atoms with Crippen molar-refractivity contribution in [3.8, 4) is 0 Å². The number of nitrogens with two attached hydrogens (primary N) is 1. The van der Waals surface area contributed by atoms with Gasteiger partial charge in [-0.05, 0) is 24.6 Å². The van der Waals surface area contributed by atoms with Crippen LogP contribution < -0.4 is 11.1 Å². The van der Waals surface area contributed by atoms with E-state index in [0.29, 0.717) is 5.56 Å². The van der Waals surface area contributed by atoms with Crippen LogP contribution >= 0.6 is 0 Å². The van der Waals surface area contributed by atoms with Gasteiger partial charge in [-0.15, -0.1) is 0 Å². The molecule has 1 heterocycles. The number of primary amides is 1. The maximum absolute atomic E-state index is 12.9.